The molecule has 0 heterocycles. The van der Waals surface area contributed by atoms with Gasteiger partial charge in [-0.15, -0.1) is 0 Å². The lowest BCUT2D eigenvalue weighted by molar-refractivity contribution is -0.140. The molecular weight excluding hydrogens is 238 g/mol. The quantitative estimate of drug-likeness (QED) is 0.822. The number of benzene rings is 1. The summed E-state index contributed by atoms with van der Waals surface area (Å²) >= 11 is 0. The Balaban J connectivity index is 2.00. The third-order valence-corrected chi connectivity index (χ3v) is 3.91. The first-order chi connectivity index (χ1) is 9.20. The maximum atomic E-state index is 11.1. The molecule has 102 valence electrons. The lowest BCUT2D eigenvalue weighted by atomic mass is 9.72. The largest absolute Gasteiger partial charge is 0.481 e. The van der Waals surface area contributed by atoms with Crippen molar-refractivity contribution in [2.45, 2.75) is 38.5 Å². The van der Waals surface area contributed by atoms with Crippen LogP contribution in [0.5, 0.6) is 0 Å². The number of carboxylic acid groups (broad SMARTS) is 1. The molecule has 19 heavy (non-hydrogen) atoms. The van der Waals surface area contributed by atoms with Gasteiger partial charge < -0.3 is 5.11 Å². The summed E-state index contributed by atoms with van der Waals surface area (Å²) in [7, 11) is 0. The summed E-state index contributed by atoms with van der Waals surface area (Å²) in [5.41, 5.74) is 0.957. The lowest BCUT2D eigenvalue weighted by Crippen LogP contribution is -2.30. The Kier molecular flexibility index (Phi) is 4.72. The molecule has 1 fully saturated rings. The van der Waals surface area contributed by atoms with Gasteiger partial charge in [0.25, 0.3) is 0 Å². The number of rotatable bonds is 5. The summed E-state index contributed by atoms with van der Waals surface area (Å²) in [6, 6.07) is 9.96. The molecule has 0 aliphatic heterocycles. The zero-order valence-corrected chi connectivity index (χ0v) is 11.2. The van der Waals surface area contributed by atoms with Crippen molar-refractivity contribution in [2.24, 2.45) is 10.4 Å². The topological polar surface area (TPSA) is 49.7 Å². The summed E-state index contributed by atoms with van der Waals surface area (Å²) in [6.07, 6.45) is 7.58. The van der Waals surface area contributed by atoms with E-state index in [0.717, 1.165) is 31.2 Å². The van der Waals surface area contributed by atoms with Crippen molar-refractivity contribution in [1.82, 2.24) is 0 Å². The number of hydrogen-bond acceptors (Lipinski definition) is 2. The van der Waals surface area contributed by atoms with E-state index in [-0.39, 0.29) is 11.8 Å². The van der Waals surface area contributed by atoms with E-state index in [9.17, 15) is 4.79 Å². The zero-order chi connectivity index (χ0) is 13.6. The lowest BCUT2D eigenvalue weighted by Gasteiger charge is -2.34. The van der Waals surface area contributed by atoms with Crippen LogP contribution in [0.15, 0.2) is 35.3 Å². The highest BCUT2D eigenvalue weighted by molar-refractivity contribution is 5.79. The monoisotopic (exact) mass is 259 g/mol. The summed E-state index contributed by atoms with van der Waals surface area (Å²) in [5, 5.41) is 9.10. The normalized spacial score (nSPS) is 18.5. The Labute approximate surface area is 114 Å². The van der Waals surface area contributed by atoms with E-state index in [1.54, 1.807) is 0 Å². The molecule has 1 aromatic carbocycles. The molecule has 1 aliphatic rings. The summed E-state index contributed by atoms with van der Waals surface area (Å²) in [5.74, 6) is -0.697. The van der Waals surface area contributed by atoms with Gasteiger partial charge in [0.15, 0.2) is 0 Å². The number of carboxylic acids is 1. The number of aliphatic carboxylic acids is 1. The fourth-order valence-corrected chi connectivity index (χ4v) is 2.90. The van der Waals surface area contributed by atoms with Crippen molar-refractivity contribution in [3.63, 3.8) is 0 Å². The standard InChI is InChI=1S/C16H21NO2/c18-15(19)11-16(9-5-2-6-10-16)13-17-12-14-7-3-1-4-8-14/h1,3-4,7-8,12H,2,5-6,9-11,13H2,(H,18,19). The van der Waals surface area contributed by atoms with Crippen molar-refractivity contribution in [3.8, 4) is 0 Å². The highest BCUT2D eigenvalue weighted by atomic mass is 16.4. The molecule has 0 saturated heterocycles. The first-order valence-electron chi connectivity index (χ1n) is 6.97. The zero-order valence-electron chi connectivity index (χ0n) is 11.2. The summed E-state index contributed by atoms with van der Waals surface area (Å²) in [4.78, 5) is 15.6. The molecule has 1 aromatic rings. The molecule has 0 aromatic heterocycles. The van der Waals surface area contributed by atoms with Gasteiger partial charge in [-0.3, -0.25) is 9.79 Å². The van der Waals surface area contributed by atoms with E-state index in [1.165, 1.54) is 6.42 Å². The third-order valence-electron chi connectivity index (χ3n) is 3.91. The minimum Gasteiger partial charge on any atom is -0.481 e. The Bertz CT molecular complexity index is 433. The van der Waals surface area contributed by atoms with Crippen LogP contribution in [-0.2, 0) is 4.79 Å². The second kappa shape index (κ2) is 6.50. The fourth-order valence-electron chi connectivity index (χ4n) is 2.90. The van der Waals surface area contributed by atoms with Crippen molar-refractivity contribution in [2.75, 3.05) is 6.54 Å². The van der Waals surface area contributed by atoms with E-state index < -0.39 is 5.97 Å². The Morgan fingerprint density at radius 1 is 1.21 bits per heavy atom. The van der Waals surface area contributed by atoms with Crippen molar-refractivity contribution in [1.29, 1.82) is 0 Å². The van der Waals surface area contributed by atoms with Crippen LogP contribution in [0.25, 0.3) is 0 Å². The maximum Gasteiger partial charge on any atom is 0.303 e. The van der Waals surface area contributed by atoms with Crippen molar-refractivity contribution >= 4 is 12.2 Å². The molecular formula is C16H21NO2. The van der Waals surface area contributed by atoms with Gasteiger partial charge in [-0.25, -0.2) is 0 Å². The number of hydrogen-bond donors (Lipinski definition) is 1. The van der Waals surface area contributed by atoms with Gasteiger partial charge in [0, 0.05) is 18.2 Å². The molecule has 3 nitrogen and oxygen atoms in total. The Hall–Kier alpha value is -1.64. The summed E-state index contributed by atoms with van der Waals surface area (Å²) in [6.45, 7) is 0.633. The van der Waals surface area contributed by atoms with Crippen LogP contribution in [0.2, 0.25) is 0 Å². The van der Waals surface area contributed by atoms with Gasteiger partial charge in [0.2, 0.25) is 0 Å². The molecule has 0 unspecified atom stereocenters. The SMILES string of the molecule is O=C(O)CC1(CN=Cc2ccccc2)CCCCC1. The first-order valence-corrected chi connectivity index (χ1v) is 6.97. The minimum atomic E-state index is -0.697. The molecule has 1 saturated carbocycles. The highest BCUT2D eigenvalue weighted by Crippen LogP contribution is 2.39. The van der Waals surface area contributed by atoms with Gasteiger partial charge in [0.05, 0.1) is 6.42 Å². The highest BCUT2D eigenvalue weighted by Gasteiger charge is 2.33. The van der Waals surface area contributed by atoms with Crippen LogP contribution < -0.4 is 0 Å². The van der Waals surface area contributed by atoms with Crippen LogP contribution >= 0.6 is 0 Å². The van der Waals surface area contributed by atoms with Gasteiger partial charge in [-0.2, -0.15) is 0 Å². The van der Waals surface area contributed by atoms with E-state index in [1.807, 2.05) is 36.5 Å². The fraction of sp³-hybridized carbons (Fsp3) is 0.500. The molecule has 0 bridgehead atoms. The molecule has 0 atom stereocenters. The van der Waals surface area contributed by atoms with E-state index in [4.69, 9.17) is 5.11 Å². The second-order valence-electron chi connectivity index (χ2n) is 5.51. The number of carbonyl (C=O) groups is 1. The molecule has 1 N–H and O–H groups in total. The average Bonchev–Trinajstić information content (AvgIpc) is 2.40. The molecule has 0 spiro atoms. The van der Waals surface area contributed by atoms with Crippen molar-refractivity contribution < 1.29 is 9.90 Å². The van der Waals surface area contributed by atoms with E-state index in [0.29, 0.717) is 6.54 Å². The maximum absolute atomic E-state index is 11.1. The van der Waals surface area contributed by atoms with E-state index in [2.05, 4.69) is 4.99 Å². The van der Waals surface area contributed by atoms with Gasteiger partial charge in [0.1, 0.15) is 0 Å². The molecule has 1 aliphatic carbocycles. The van der Waals surface area contributed by atoms with Crippen LogP contribution in [-0.4, -0.2) is 23.8 Å². The minimum absolute atomic E-state index is 0.116. The van der Waals surface area contributed by atoms with Crippen LogP contribution in [0.1, 0.15) is 44.1 Å². The van der Waals surface area contributed by atoms with Gasteiger partial charge in [-0.1, -0.05) is 49.6 Å². The molecule has 0 radical (unpaired) electrons. The average molecular weight is 259 g/mol. The van der Waals surface area contributed by atoms with Crippen molar-refractivity contribution in [3.05, 3.63) is 35.9 Å². The van der Waals surface area contributed by atoms with Gasteiger partial charge in [-0.05, 0) is 18.4 Å². The Morgan fingerprint density at radius 2 is 1.89 bits per heavy atom. The predicted octanol–water partition coefficient (Wildman–Crippen LogP) is 3.53. The Morgan fingerprint density at radius 3 is 2.53 bits per heavy atom. The number of aliphatic imine (C=N–C) groups is 1. The molecule has 2 rings (SSSR count). The second-order valence-corrected chi connectivity index (χ2v) is 5.51. The molecule has 0 amide bonds. The van der Waals surface area contributed by atoms with Crippen LogP contribution in [0.3, 0.4) is 0 Å². The van der Waals surface area contributed by atoms with Crippen LogP contribution in [0, 0.1) is 5.41 Å². The number of nitrogens with zero attached hydrogens (tertiary/aromatic N) is 1. The predicted molar refractivity (Wildman–Crippen MR) is 76.7 cm³/mol. The smallest absolute Gasteiger partial charge is 0.303 e. The van der Waals surface area contributed by atoms with Gasteiger partial charge >= 0.3 is 5.97 Å². The third kappa shape index (κ3) is 4.19. The summed E-state index contributed by atoms with van der Waals surface area (Å²) < 4.78 is 0. The van der Waals surface area contributed by atoms with E-state index >= 15 is 0 Å². The first kappa shape index (κ1) is 13.8. The molecule has 3 heteroatoms. The van der Waals surface area contributed by atoms with Crippen LogP contribution in [0.4, 0.5) is 0 Å².